The SMILES string of the molecule is C=C/C=C(\C)c1cc(C(=O)NC(C)(C)C)cc(N(C)/C=C\C)n1. The summed E-state index contributed by atoms with van der Waals surface area (Å²) in [4.78, 5) is 19.0. The van der Waals surface area contributed by atoms with Crippen molar-refractivity contribution in [1.29, 1.82) is 0 Å². The molecule has 0 aliphatic rings. The van der Waals surface area contributed by atoms with Crippen molar-refractivity contribution in [2.24, 2.45) is 0 Å². The number of allylic oxidation sites excluding steroid dienone is 4. The first-order valence-electron chi connectivity index (χ1n) is 7.68. The molecule has 4 heteroatoms. The quantitative estimate of drug-likeness (QED) is 0.830. The van der Waals surface area contributed by atoms with Crippen molar-refractivity contribution in [1.82, 2.24) is 10.3 Å². The standard InChI is InChI=1S/C19H27N3O/c1-8-10-14(3)16-12-15(18(23)21-19(4,5)6)13-17(20-16)22(7)11-9-2/h8-13H,1H2,2-7H3,(H,21,23)/b11-9-,14-10+. The van der Waals surface area contributed by atoms with Crippen molar-refractivity contribution in [3.8, 4) is 0 Å². The van der Waals surface area contributed by atoms with E-state index >= 15 is 0 Å². The molecule has 4 nitrogen and oxygen atoms in total. The average molecular weight is 313 g/mol. The smallest absolute Gasteiger partial charge is 0.251 e. The van der Waals surface area contributed by atoms with E-state index in [0.29, 0.717) is 5.56 Å². The van der Waals surface area contributed by atoms with E-state index in [2.05, 4.69) is 16.9 Å². The van der Waals surface area contributed by atoms with Crippen LogP contribution < -0.4 is 10.2 Å². The number of aromatic nitrogens is 1. The first-order chi connectivity index (χ1) is 10.7. The Labute approximate surface area is 139 Å². The number of amides is 1. The molecule has 1 amide bonds. The van der Waals surface area contributed by atoms with E-state index in [1.54, 1.807) is 12.1 Å². The molecule has 0 aromatic carbocycles. The second-order valence-electron chi connectivity index (χ2n) is 6.48. The molecule has 23 heavy (non-hydrogen) atoms. The van der Waals surface area contributed by atoms with Gasteiger partial charge in [-0.3, -0.25) is 4.79 Å². The van der Waals surface area contributed by atoms with E-state index < -0.39 is 0 Å². The number of pyridine rings is 1. The summed E-state index contributed by atoms with van der Waals surface area (Å²) in [6.45, 7) is 13.5. The topological polar surface area (TPSA) is 45.2 Å². The van der Waals surface area contributed by atoms with Crippen LogP contribution in [0, 0.1) is 0 Å². The highest BCUT2D eigenvalue weighted by Gasteiger charge is 2.17. The Morgan fingerprint density at radius 1 is 1.35 bits per heavy atom. The molecule has 1 rings (SSSR count). The van der Waals surface area contributed by atoms with E-state index in [9.17, 15) is 4.79 Å². The summed E-state index contributed by atoms with van der Waals surface area (Å²) in [6, 6.07) is 3.61. The van der Waals surface area contributed by atoms with Crippen molar-refractivity contribution < 1.29 is 4.79 Å². The lowest BCUT2D eigenvalue weighted by Crippen LogP contribution is -2.40. The highest BCUT2D eigenvalue weighted by molar-refractivity contribution is 5.96. The van der Waals surface area contributed by atoms with Crippen LogP contribution in [-0.2, 0) is 0 Å². The average Bonchev–Trinajstić information content (AvgIpc) is 2.45. The summed E-state index contributed by atoms with van der Waals surface area (Å²) in [5.41, 5.74) is 2.02. The van der Waals surface area contributed by atoms with Crippen LogP contribution in [0.5, 0.6) is 0 Å². The van der Waals surface area contributed by atoms with E-state index in [1.807, 2.05) is 71.0 Å². The number of nitrogens with one attached hydrogen (secondary N) is 1. The van der Waals surface area contributed by atoms with E-state index in [1.165, 1.54) is 0 Å². The van der Waals surface area contributed by atoms with Gasteiger partial charge in [-0.15, -0.1) is 0 Å². The van der Waals surface area contributed by atoms with Crippen molar-refractivity contribution in [2.75, 3.05) is 11.9 Å². The number of hydrogen-bond donors (Lipinski definition) is 1. The van der Waals surface area contributed by atoms with Gasteiger partial charge in [-0.05, 0) is 52.3 Å². The maximum Gasteiger partial charge on any atom is 0.251 e. The number of carbonyl (C=O) groups is 1. The van der Waals surface area contributed by atoms with Crippen LogP contribution in [0.4, 0.5) is 5.82 Å². The third-order valence-electron chi connectivity index (χ3n) is 3.07. The zero-order chi connectivity index (χ0) is 17.6. The van der Waals surface area contributed by atoms with Crippen LogP contribution in [0.25, 0.3) is 5.57 Å². The van der Waals surface area contributed by atoms with Crippen LogP contribution in [-0.4, -0.2) is 23.5 Å². The van der Waals surface area contributed by atoms with Gasteiger partial charge in [0.05, 0.1) is 5.69 Å². The molecular weight excluding hydrogens is 286 g/mol. The fourth-order valence-electron chi connectivity index (χ4n) is 2.00. The first kappa shape index (κ1) is 18.7. The van der Waals surface area contributed by atoms with Gasteiger partial charge in [0.2, 0.25) is 0 Å². The first-order valence-corrected chi connectivity index (χ1v) is 7.68. The molecule has 0 fully saturated rings. The maximum absolute atomic E-state index is 12.5. The second-order valence-corrected chi connectivity index (χ2v) is 6.48. The van der Waals surface area contributed by atoms with Crippen LogP contribution in [0.15, 0.2) is 43.1 Å². The van der Waals surface area contributed by atoms with Crippen molar-refractivity contribution in [2.45, 2.75) is 40.2 Å². The summed E-state index contributed by atoms with van der Waals surface area (Å²) < 4.78 is 0. The highest BCUT2D eigenvalue weighted by atomic mass is 16.1. The Morgan fingerprint density at radius 2 is 2.00 bits per heavy atom. The Morgan fingerprint density at radius 3 is 2.52 bits per heavy atom. The Bertz CT molecular complexity index is 637. The molecule has 0 bridgehead atoms. The van der Waals surface area contributed by atoms with Crippen LogP contribution >= 0.6 is 0 Å². The van der Waals surface area contributed by atoms with Gasteiger partial charge in [0, 0.05) is 24.4 Å². The molecule has 0 saturated carbocycles. The molecule has 124 valence electrons. The van der Waals surface area contributed by atoms with Gasteiger partial charge in [-0.2, -0.15) is 0 Å². The molecule has 0 spiro atoms. The molecule has 1 aromatic rings. The van der Waals surface area contributed by atoms with Gasteiger partial charge >= 0.3 is 0 Å². The van der Waals surface area contributed by atoms with Crippen LogP contribution in [0.2, 0.25) is 0 Å². The van der Waals surface area contributed by atoms with Gasteiger partial charge in [0.15, 0.2) is 0 Å². The fourth-order valence-corrected chi connectivity index (χ4v) is 2.00. The largest absolute Gasteiger partial charge is 0.347 e. The number of hydrogen-bond acceptors (Lipinski definition) is 3. The van der Waals surface area contributed by atoms with Gasteiger partial charge < -0.3 is 10.2 Å². The Kier molecular flexibility index (Phi) is 6.31. The molecule has 0 radical (unpaired) electrons. The maximum atomic E-state index is 12.5. The lowest BCUT2D eigenvalue weighted by molar-refractivity contribution is 0.0919. The Hall–Kier alpha value is -2.36. The predicted octanol–water partition coefficient (Wildman–Crippen LogP) is 4.17. The molecule has 1 N–H and O–H groups in total. The minimum absolute atomic E-state index is 0.109. The molecule has 0 aliphatic carbocycles. The lowest BCUT2D eigenvalue weighted by atomic mass is 10.1. The van der Waals surface area contributed by atoms with Gasteiger partial charge in [-0.1, -0.05) is 24.8 Å². The zero-order valence-electron chi connectivity index (χ0n) is 15.0. The summed E-state index contributed by atoms with van der Waals surface area (Å²) in [5, 5.41) is 2.99. The molecule has 1 aromatic heterocycles. The van der Waals surface area contributed by atoms with Gasteiger partial charge in [0.1, 0.15) is 5.82 Å². The summed E-state index contributed by atoms with van der Waals surface area (Å²) in [7, 11) is 1.91. The normalized spacial score (nSPS) is 12.3. The van der Waals surface area contributed by atoms with Crippen molar-refractivity contribution in [3.05, 3.63) is 54.4 Å². The monoisotopic (exact) mass is 313 g/mol. The molecule has 0 unspecified atom stereocenters. The fraction of sp³-hybridized carbons (Fsp3) is 0.368. The van der Waals surface area contributed by atoms with E-state index in [-0.39, 0.29) is 11.4 Å². The zero-order valence-corrected chi connectivity index (χ0v) is 15.0. The summed E-state index contributed by atoms with van der Waals surface area (Å²) in [6.07, 6.45) is 7.43. The second kappa shape index (κ2) is 7.77. The van der Waals surface area contributed by atoms with Crippen LogP contribution in [0.1, 0.15) is 50.7 Å². The third kappa shape index (κ3) is 5.74. The molecule has 0 saturated heterocycles. The number of nitrogens with zero attached hydrogens (tertiary/aromatic N) is 2. The lowest BCUT2D eigenvalue weighted by Gasteiger charge is -2.22. The molecule has 1 heterocycles. The van der Waals surface area contributed by atoms with E-state index in [0.717, 1.165) is 17.1 Å². The van der Waals surface area contributed by atoms with Crippen LogP contribution in [0.3, 0.4) is 0 Å². The molecule has 0 aliphatic heterocycles. The van der Waals surface area contributed by atoms with Crippen molar-refractivity contribution in [3.63, 3.8) is 0 Å². The Balaban J connectivity index is 3.37. The number of carbonyl (C=O) groups excluding carboxylic acids is 1. The predicted molar refractivity (Wildman–Crippen MR) is 98.5 cm³/mol. The molecular formula is C19H27N3O. The highest BCUT2D eigenvalue weighted by Crippen LogP contribution is 2.20. The van der Waals surface area contributed by atoms with E-state index in [4.69, 9.17) is 0 Å². The van der Waals surface area contributed by atoms with Gasteiger partial charge in [-0.25, -0.2) is 4.98 Å². The third-order valence-corrected chi connectivity index (χ3v) is 3.07. The van der Waals surface area contributed by atoms with Crippen molar-refractivity contribution >= 4 is 17.3 Å². The molecule has 0 atom stereocenters. The summed E-state index contributed by atoms with van der Waals surface area (Å²) >= 11 is 0. The number of anilines is 1. The van der Waals surface area contributed by atoms with Gasteiger partial charge in [0.25, 0.3) is 5.91 Å². The summed E-state index contributed by atoms with van der Waals surface area (Å²) in [5.74, 6) is 0.610. The minimum atomic E-state index is -0.290. The minimum Gasteiger partial charge on any atom is -0.347 e. The number of rotatable bonds is 5.